The number of hydrogen-bond acceptors (Lipinski definition) is 3. The van der Waals surface area contributed by atoms with Crippen molar-refractivity contribution in [3.63, 3.8) is 0 Å². The van der Waals surface area contributed by atoms with E-state index >= 15 is 0 Å². The fourth-order valence-corrected chi connectivity index (χ4v) is 3.53. The minimum Gasteiger partial charge on any atom is -0.256 e. The summed E-state index contributed by atoms with van der Waals surface area (Å²) in [5, 5.41) is 0. The highest BCUT2D eigenvalue weighted by atomic mass is 32.2. The van der Waals surface area contributed by atoms with Crippen LogP contribution in [-0.2, 0) is 9.84 Å². The molecule has 0 amide bonds. The smallest absolute Gasteiger partial charge is 0.175 e. The van der Waals surface area contributed by atoms with Gasteiger partial charge in [0.05, 0.1) is 10.6 Å². The molecule has 2 aromatic rings. The molecule has 0 saturated carbocycles. The van der Waals surface area contributed by atoms with E-state index in [0.29, 0.717) is 4.90 Å². The number of allylic oxidation sites excluding steroid dienone is 2. The van der Waals surface area contributed by atoms with Crippen LogP contribution in [0.3, 0.4) is 0 Å². The quantitative estimate of drug-likeness (QED) is 0.863. The van der Waals surface area contributed by atoms with E-state index in [4.69, 9.17) is 0 Å². The second-order valence-corrected chi connectivity index (χ2v) is 7.84. The van der Waals surface area contributed by atoms with Gasteiger partial charge in [0, 0.05) is 12.5 Å². The van der Waals surface area contributed by atoms with Crippen LogP contribution in [0.1, 0.15) is 36.1 Å². The summed E-state index contributed by atoms with van der Waals surface area (Å²) in [5.74, 6) is 0. The summed E-state index contributed by atoms with van der Waals surface area (Å²) >= 11 is 0. The predicted octanol–water partition coefficient (Wildman–Crippen LogP) is 3.89. The molecule has 1 aliphatic carbocycles. The fraction of sp³-hybridized carbons (Fsp3) is 0.278. The van der Waals surface area contributed by atoms with E-state index in [0.717, 1.165) is 36.1 Å². The van der Waals surface area contributed by atoms with Crippen molar-refractivity contribution < 1.29 is 8.42 Å². The maximum Gasteiger partial charge on any atom is 0.175 e. The molecule has 114 valence electrons. The van der Waals surface area contributed by atoms with Crippen LogP contribution in [0.2, 0.25) is 0 Å². The van der Waals surface area contributed by atoms with Gasteiger partial charge in [0.2, 0.25) is 0 Å². The first-order chi connectivity index (χ1) is 10.4. The van der Waals surface area contributed by atoms with Crippen molar-refractivity contribution in [2.45, 2.75) is 31.1 Å². The van der Waals surface area contributed by atoms with Crippen LogP contribution in [-0.4, -0.2) is 19.7 Å². The molecule has 22 heavy (non-hydrogen) atoms. The van der Waals surface area contributed by atoms with E-state index in [-0.39, 0.29) is 0 Å². The standard InChI is InChI=1S/C18H19NO2S/c1-13-6-11-18(19-12-13)17-5-3-4-16(17)14-7-9-15(10-8-14)22(2,20)21/h6-12H,3-5H2,1-2H3. The van der Waals surface area contributed by atoms with E-state index in [9.17, 15) is 8.42 Å². The lowest BCUT2D eigenvalue weighted by Crippen LogP contribution is -1.97. The Labute approximate surface area is 131 Å². The molecule has 0 radical (unpaired) electrons. The summed E-state index contributed by atoms with van der Waals surface area (Å²) in [6.07, 6.45) is 6.29. The summed E-state index contributed by atoms with van der Waals surface area (Å²) in [5.41, 5.74) is 5.86. The van der Waals surface area contributed by atoms with Crippen molar-refractivity contribution in [2.75, 3.05) is 6.26 Å². The van der Waals surface area contributed by atoms with Gasteiger partial charge in [-0.2, -0.15) is 0 Å². The van der Waals surface area contributed by atoms with Crippen LogP contribution in [0.5, 0.6) is 0 Å². The summed E-state index contributed by atoms with van der Waals surface area (Å²) in [7, 11) is -3.14. The number of nitrogens with zero attached hydrogens (tertiary/aromatic N) is 1. The highest BCUT2D eigenvalue weighted by Gasteiger charge is 2.19. The van der Waals surface area contributed by atoms with Gasteiger partial charge in [0.25, 0.3) is 0 Å². The minimum absolute atomic E-state index is 0.366. The minimum atomic E-state index is -3.14. The summed E-state index contributed by atoms with van der Waals surface area (Å²) in [4.78, 5) is 4.90. The van der Waals surface area contributed by atoms with Gasteiger partial charge < -0.3 is 0 Å². The molecule has 3 rings (SSSR count). The van der Waals surface area contributed by atoms with Gasteiger partial charge in [-0.25, -0.2) is 8.42 Å². The third-order valence-corrected chi connectivity index (χ3v) is 5.20. The lowest BCUT2D eigenvalue weighted by Gasteiger charge is -2.09. The first-order valence-electron chi connectivity index (χ1n) is 7.41. The molecule has 0 bridgehead atoms. The monoisotopic (exact) mass is 313 g/mol. The summed E-state index contributed by atoms with van der Waals surface area (Å²) in [6, 6.07) is 11.3. The third kappa shape index (κ3) is 2.97. The number of aromatic nitrogens is 1. The Balaban J connectivity index is 2.01. The molecule has 0 N–H and O–H groups in total. The second-order valence-electron chi connectivity index (χ2n) is 5.83. The van der Waals surface area contributed by atoms with E-state index in [1.165, 1.54) is 17.4 Å². The fourth-order valence-electron chi connectivity index (χ4n) is 2.89. The van der Waals surface area contributed by atoms with Crippen molar-refractivity contribution >= 4 is 21.0 Å². The van der Waals surface area contributed by atoms with E-state index in [2.05, 4.69) is 17.1 Å². The molecular weight excluding hydrogens is 294 g/mol. The van der Waals surface area contributed by atoms with Crippen molar-refractivity contribution in [3.8, 4) is 0 Å². The van der Waals surface area contributed by atoms with Crippen LogP contribution in [0.4, 0.5) is 0 Å². The zero-order valence-corrected chi connectivity index (χ0v) is 13.7. The SMILES string of the molecule is Cc1ccc(C2=C(c3ccc(S(C)(=O)=O)cc3)CCC2)nc1. The Bertz CT molecular complexity index is 816. The van der Waals surface area contributed by atoms with Crippen LogP contribution in [0.15, 0.2) is 47.5 Å². The Morgan fingerprint density at radius 2 is 1.64 bits per heavy atom. The maximum atomic E-state index is 11.6. The summed E-state index contributed by atoms with van der Waals surface area (Å²) < 4.78 is 23.1. The van der Waals surface area contributed by atoms with Crippen LogP contribution < -0.4 is 0 Å². The van der Waals surface area contributed by atoms with Crippen molar-refractivity contribution in [1.82, 2.24) is 4.98 Å². The normalized spacial score (nSPS) is 15.4. The Kier molecular flexibility index (Phi) is 3.87. The van der Waals surface area contributed by atoms with Crippen molar-refractivity contribution in [1.29, 1.82) is 0 Å². The lowest BCUT2D eigenvalue weighted by atomic mass is 10.00. The molecule has 1 aromatic carbocycles. The van der Waals surface area contributed by atoms with E-state index in [1.807, 2.05) is 25.3 Å². The summed E-state index contributed by atoms with van der Waals surface area (Å²) in [6.45, 7) is 2.03. The molecule has 0 saturated heterocycles. The molecule has 0 unspecified atom stereocenters. The Morgan fingerprint density at radius 3 is 2.23 bits per heavy atom. The second kappa shape index (κ2) is 5.69. The molecule has 1 aliphatic rings. The van der Waals surface area contributed by atoms with Crippen LogP contribution in [0, 0.1) is 6.92 Å². The van der Waals surface area contributed by atoms with Crippen LogP contribution >= 0.6 is 0 Å². The number of rotatable bonds is 3. The van der Waals surface area contributed by atoms with Crippen molar-refractivity contribution in [3.05, 3.63) is 59.4 Å². The van der Waals surface area contributed by atoms with Gasteiger partial charge in [-0.1, -0.05) is 18.2 Å². The molecule has 0 atom stereocenters. The predicted molar refractivity (Wildman–Crippen MR) is 89.2 cm³/mol. The van der Waals surface area contributed by atoms with Gasteiger partial charge in [-0.3, -0.25) is 4.98 Å². The Hall–Kier alpha value is -1.94. The average molecular weight is 313 g/mol. The average Bonchev–Trinajstić information content (AvgIpc) is 2.97. The number of sulfone groups is 1. The number of benzene rings is 1. The van der Waals surface area contributed by atoms with E-state index in [1.54, 1.807) is 12.1 Å². The largest absolute Gasteiger partial charge is 0.256 e. The number of aryl methyl sites for hydroxylation is 1. The topological polar surface area (TPSA) is 47.0 Å². The van der Waals surface area contributed by atoms with Crippen LogP contribution in [0.25, 0.3) is 11.1 Å². The van der Waals surface area contributed by atoms with Gasteiger partial charge in [0.15, 0.2) is 9.84 Å². The number of pyridine rings is 1. The van der Waals surface area contributed by atoms with Gasteiger partial charge >= 0.3 is 0 Å². The van der Waals surface area contributed by atoms with Gasteiger partial charge in [-0.15, -0.1) is 0 Å². The maximum absolute atomic E-state index is 11.6. The molecule has 1 aromatic heterocycles. The highest BCUT2D eigenvalue weighted by Crippen LogP contribution is 2.39. The molecule has 4 heteroatoms. The lowest BCUT2D eigenvalue weighted by molar-refractivity contribution is 0.602. The number of hydrogen-bond donors (Lipinski definition) is 0. The molecule has 1 heterocycles. The first-order valence-corrected chi connectivity index (χ1v) is 9.30. The molecule has 0 fully saturated rings. The molecular formula is C18H19NO2S. The molecule has 0 spiro atoms. The highest BCUT2D eigenvalue weighted by molar-refractivity contribution is 7.90. The third-order valence-electron chi connectivity index (χ3n) is 4.07. The Morgan fingerprint density at radius 1 is 0.955 bits per heavy atom. The van der Waals surface area contributed by atoms with Gasteiger partial charge in [0.1, 0.15) is 0 Å². The zero-order valence-electron chi connectivity index (χ0n) is 12.8. The molecule has 3 nitrogen and oxygen atoms in total. The zero-order chi connectivity index (χ0) is 15.7. The van der Waals surface area contributed by atoms with Crippen molar-refractivity contribution in [2.24, 2.45) is 0 Å². The first kappa shape index (κ1) is 15.0. The molecule has 0 aliphatic heterocycles. The van der Waals surface area contributed by atoms with Gasteiger partial charge in [-0.05, 0) is 66.7 Å². The van der Waals surface area contributed by atoms with E-state index < -0.39 is 9.84 Å².